The molecule has 0 saturated heterocycles. The first-order valence-electron chi connectivity index (χ1n) is 3.53. The number of nitrogens with zero attached hydrogens (tertiary/aromatic N) is 1. The lowest BCUT2D eigenvalue weighted by atomic mass is 10.4. The van der Waals surface area contributed by atoms with Crippen molar-refractivity contribution in [1.82, 2.24) is 4.98 Å². The molecule has 1 aromatic rings. The van der Waals surface area contributed by atoms with Gasteiger partial charge in [0.25, 0.3) is 0 Å². The largest absolute Gasteiger partial charge is 0.306 e. The predicted molar refractivity (Wildman–Crippen MR) is 56.4 cm³/mol. The number of hydrogen-bond donors (Lipinski definition) is 2. The Balaban J connectivity index is 2.95. The first kappa shape index (κ1) is 10.2. The van der Waals surface area contributed by atoms with Crippen LogP contribution in [0.1, 0.15) is 5.69 Å². The molecule has 0 amide bonds. The first-order valence-corrected chi connectivity index (χ1v) is 4.72. The molecule has 0 aliphatic rings. The maximum Gasteiger partial charge on any atom is 0.110 e. The molecule has 0 aliphatic heterocycles. The fraction of sp³-hybridized carbons (Fsp3) is 0.125. The molecule has 0 aromatic carbocycles. The molecule has 13 heavy (non-hydrogen) atoms. The Kier molecular flexibility index (Phi) is 3.45. The third-order valence-electron chi connectivity index (χ3n) is 1.38. The van der Waals surface area contributed by atoms with Crippen LogP contribution in [0.2, 0.25) is 5.02 Å². The van der Waals surface area contributed by atoms with Gasteiger partial charge < -0.3 is 5.41 Å². The summed E-state index contributed by atoms with van der Waals surface area (Å²) in [5, 5.41) is 14.9. The predicted octanol–water partition coefficient (Wildman–Crippen LogP) is 2.76. The van der Waals surface area contributed by atoms with Gasteiger partial charge in [-0.2, -0.15) is 0 Å². The molecule has 3 nitrogen and oxygen atoms in total. The van der Waals surface area contributed by atoms with Gasteiger partial charge in [-0.25, -0.2) is 0 Å². The van der Waals surface area contributed by atoms with E-state index >= 15 is 0 Å². The minimum atomic E-state index is 0.160. The molecule has 1 rings (SSSR count). The zero-order valence-electron chi connectivity index (χ0n) is 6.97. The van der Waals surface area contributed by atoms with Crippen molar-refractivity contribution in [2.45, 2.75) is 11.8 Å². The number of aryl methyl sites for hydroxylation is 1. The number of rotatable bonds is 2. The van der Waals surface area contributed by atoms with Gasteiger partial charge in [-0.3, -0.25) is 10.4 Å². The molecule has 5 heteroatoms. The highest BCUT2D eigenvalue weighted by atomic mass is 35.5. The van der Waals surface area contributed by atoms with Crippen LogP contribution >= 0.6 is 23.4 Å². The van der Waals surface area contributed by atoms with Crippen LogP contribution in [0.25, 0.3) is 0 Å². The van der Waals surface area contributed by atoms with E-state index in [1.165, 1.54) is 0 Å². The molecule has 0 unspecified atom stereocenters. The van der Waals surface area contributed by atoms with Gasteiger partial charge in [-0.15, -0.1) is 0 Å². The number of aromatic nitrogens is 1. The van der Waals surface area contributed by atoms with Crippen LogP contribution < -0.4 is 0 Å². The van der Waals surface area contributed by atoms with Crippen molar-refractivity contribution in [3.8, 4) is 0 Å². The van der Waals surface area contributed by atoms with E-state index in [2.05, 4.69) is 4.98 Å². The topological polar surface area (TPSA) is 60.6 Å². The average molecular weight is 214 g/mol. The van der Waals surface area contributed by atoms with Crippen molar-refractivity contribution in [3.05, 3.63) is 23.0 Å². The molecule has 0 spiro atoms. The lowest BCUT2D eigenvalue weighted by molar-refractivity contribution is 1.16. The van der Waals surface area contributed by atoms with Crippen molar-refractivity contribution >= 4 is 34.6 Å². The van der Waals surface area contributed by atoms with Gasteiger partial charge in [0.05, 0.1) is 10.7 Å². The highest BCUT2D eigenvalue weighted by molar-refractivity contribution is 8.15. The fourth-order valence-electron chi connectivity index (χ4n) is 0.752. The standard InChI is InChI=1S/C8H8ClN3S/c1-5-8(9)6(2-3-12-5)13-7(11)4-10/h2-4,10-11H,1H3. The van der Waals surface area contributed by atoms with Crippen LogP contribution in [0.3, 0.4) is 0 Å². The van der Waals surface area contributed by atoms with E-state index in [1.54, 1.807) is 19.2 Å². The number of pyridine rings is 1. The lowest BCUT2D eigenvalue weighted by Crippen LogP contribution is -1.91. The third-order valence-corrected chi connectivity index (χ3v) is 2.87. The van der Waals surface area contributed by atoms with E-state index in [9.17, 15) is 0 Å². The second-order valence-corrected chi connectivity index (χ2v) is 3.78. The summed E-state index contributed by atoms with van der Waals surface area (Å²) in [5.74, 6) is 0. The number of nitrogens with one attached hydrogen (secondary N) is 2. The minimum absolute atomic E-state index is 0.160. The molecule has 0 bridgehead atoms. The Morgan fingerprint density at radius 2 is 2.38 bits per heavy atom. The number of halogens is 1. The quantitative estimate of drug-likeness (QED) is 0.451. The van der Waals surface area contributed by atoms with Crippen molar-refractivity contribution in [2.75, 3.05) is 0 Å². The van der Waals surface area contributed by atoms with Crippen LogP contribution in [0.15, 0.2) is 17.2 Å². The molecule has 1 aromatic heterocycles. The summed E-state index contributed by atoms with van der Waals surface area (Å²) >= 11 is 7.09. The van der Waals surface area contributed by atoms with Gasteiger partial charge in [0.1, 0.15) is 5.04 Å². The molecule has 0 atom stereocenters. The first-order chi connectivity index (χ1) is 6.15. The monoisotopic (exact) mass is 213 g/mol. The van der Waals surface area contributed by atoms with Crippen molar-refractivity contribution < 1.29 is 0 Å². The Morgan fingerprint density at radius 3 is 3.00 bits per heavy atom. The normalized spacial score (nSPS) is 9.69. The Labute approximate surface area is 85.5 Å². The highest BCUT2D eigenvalue weighted by Gasteiger charge is 2.05. The van der Waals surface area contributed by atoms with Gasteiger partial charge in [0, 0.05) is 17.3 Å². The van der Waals surface area contributed by atoms with Crippen LogP contribution in [0.4, 0.5) is 0 Å². The highest BCUT2D eigenvalue weighted by Crippen LogP contribution is 2.28. The second kappa shape index (κ2) is 4.39. The van der Waals surface area contributed by atoms with Crippen LogP contribution in [-0.2, 0) is 0 Å². The summed E-state index contributed by atoms with van der Waals surface area (Å²) in [7, 11) is 0. The zero-order valence-corrected chi connectivity index (χ0v) is 8.54. The molecule has 68 valence electrons. The molecule has 0 radical (unpaired) electrons. The number of thioether (sulfide) groups is 1. The van der Waals surface area contributed by atoms with E-state index in [-0.39, 0.29) is 5.04 Å². The maximum atomic E-state index is 7.28. The summed E-state index contributed by atoms with van der Waals surface area (Å²) in [6.07, 6.45) is 2.62. The molecular formula is C8H8ClN3S. The van der Waals surface area contributed by atoms with Crippen LogP contribution in [0, 0.1) is 17.7 Å². The second-order valence-electron chi connectivity index (χ2n) is 2.32. The van der Waals surface area contributed by atoms with Crippen molar-refractivity contribution in [1.29, 1.82) is 10.8 Å². The van der Waals surface area contributed by atoms with Gasteiger partial charge in [0.2, 0.25) is 0 Å². The van der Waals surface area contributed by atoms with E-state index in [0.29, 0.717) is 5.02 Å². The summed E-state index contributed by atoms with van der Waals surface area (Å²) in [5.41, 5.74) is 0.740. The Morgan fingerprint density at radius 1 is 1.69 bits per heavy atom. The lowest BCUT2D eigenvalue weighted by Gasteiger charge is -2.03. The van der Waals surface area contributed by atoms with Crippen molar-refractivity contribution in [3.63, 3.8) is 0 Å². The summed E-state index contributed by atoms with van der Waals surface area (Å²) in [6.45, 7) is 1.81. The van der Waals surface area contributed by atoms with E-state index < -0.39 is 0 Å². The molecule has 0 fully saturated rings. The summed E-state index contributed by atoms with van der Waals surface area (Å²) < 4.78 is 0. The minimum Gasteiger partial charge on any atom is -0.306 e. The summed E-state index contributed by atoms with van der Waals surface area (Å²) in [4.78, 5) is 4.77. The SMILES string of the molecule is Cc1nccc(SC(=N)C=N)c1Cl. The average Bonchev–Trinajstić information content (AvgIpc) is 2.13. The van der Waals surface area contributed by atoms with Crippen LogP contribution in [-0.4, -0.2) is 16.2 Å². The van der Waals surface area contributed by atoms with E-state index in [0.717, 1.165) is 28.6 Å². The van der Waals surface area contributed by atoms with E-state index in [1.807, 2.05) is 0 Å². The molecule has 0 saturated carbocycles. The Hall–Kier alpha value is -0.870. The smallest absolute Gasteiger partial charge is 0.110 e. The van der Waals surface area contributed by atoms with Gasteiger partial charge in [0.15, 0.2) is 0 Å². The van der Waals surface area contributed by atoms with Gasteiger partial charge in [-0.05, 0) is 13.0 Å². The fourth-order valence-corrected chi connectivity index (χ4v) is 1.64. The van der Waals surface area contributed by atoms with Crippen molar-refractivity contribution in [2.24, 2.45) is 0 Å². The summed E-state index contributed by atoms with van der Waals surface area (Å²) in [6, 6.07) is 1.73. The third kappa shape index (κ3) is 2.54. The Bertz CT molecular complexity index is 351. The molecule has 0 aliphatic carbocycles. The zero-order chi connectivity index (χ0) is 9.84. The molecular weight excluding hydrogens is 206 g/mol. The molecule has 1 heterocycles. The number of hydrogen-bond acceptors (Lipinski definition) is 4. The maximum absolute atomic E-state index is 7.28. The van der Waals surface area contributed by atoms with Crippen LogP contribution in [0.5, 0.6) is 0 Å². The van der Waals surface area contributed by atoms with E-state index in [4.69, 9.17) is 22.4 Å². The van der Waals surface area contributed by atoms with Gasteiger partial charge in [-0.1, -0.05) is 23.4 Å². The molecule has 2 N–H and O–H groups in total. The van der Waals surface area contributed by atoms with Gasteiger partial charge >= 0.3 is 0 Å².